The monoisotopic (exact) mass is 385 g/mol. The maximum absolute atomic E-state index is 12.1. The summed E-state index contributed by atoms with van der Waals surface area (Å²) in [7, 11) is 3.11. The minimum absolute atomic E-state index is 0.0877. The minimum Gasteiger partial charge on any atom is -0.497 e. The maximum Gasteiger partial charge on any atom is 0.256 e. The molecule has 0 bridgehead atoms. The molecule has 0 aliphatic rings. The highest BCUT2D eigenvalue weighted by Gasteiger charge is 2.20. The number of rotatable bonds is 8. The van der Waals surface area contributed by atoms with Crippen LogP contribution in [-0.4, -0.2) is 47.1 Å². The van der Waals surface area contributed by atoms with Crippen LogP contribution in [-0.2, 0) is 0 Å². The summed E-state index contributed by atoms with van der Waals surface area (Å²) in [6.07, 6.45) is 3.26. The van der Waals surface area contributed by atoms with Crippen LogP contribution in [0.5, 0.6) is 11.5 Å². The van der Waals surface area contributed by atoms with Crippen molar-refractivity contribution in [2.75, 3.05) is 31.4 Å². The molecule has 3 aromatic rings. The van der Waals surface area contributed by atoms with Gasteiger partial charge in [-0.05, 0) is 6.92 Å². The number of benzene rings is 1. The summed E-state index contributed by atoms with van der Waals surface area (Å²) in [5, 5.41) is 6.27. The fourth-order valence-electron chi connectivity index (χ4n) is 2.69. The van der Waals surface area contributed by atoms with Gasteiger partial charge in [0.2, 0.25) is 5.95 Å². The zero-order chi connectivity index (χ0) is 20.3. The number of carbonyl (C=O) groups is 1. The fourth-order valence-corrected chi connectivity index (χ4v) is 2.69. The average molecular weight is 385 g/mol. The Labute approximate surface area is 161 Å². The minimum atomic E-state index is -0.653. The topological polar surface area (TPSA) is 142 Å². The number of nitrogens with one attached hydrogen (secondary N) is 2. The number of nitrogens with zero attached hydrogens (tertiary/aromatic N) is 3. The first-order chi connectivity index (χ1) is 13.4. The molecule has 1 amide bonds. The van der Waals surface area contributed by atoms with Crippen molar-refractivity contribution < 1.29 is 14.3 Å². The van der Waals surface area contributed by atoms with Crippen molar-refractivity contribution in [1.82, 2.24) is 14.4 Å². The van der Waals surface area contributed by atoms with Crippen LogP contribution in [0.25, 0.3) is 5.65 Å². The number of primary amides is 1. The molecule has 0 unspecified atom stereocenters. The Morgan fingerprint density at radius 2 is 1.93 bits per heavy atom. The third kappa shape index (κ3) is 3.91. The summed E-state index contributed by atoms with van der Waals surface area (Å²) in [5.74, 6) is 1.25. The van der Waals surface area contributed by atoms with Gasteiger partial charge in [0.05, 0.1) is 14.2 Å². The molecule has 28 heavy (non-hydrogen) atoms. The van der Waals surface area contributed by atoms with E-state index < -0.39 is 5.91 Å². The van der Waals surface area contributed by atoms with Gasteiger partial charge in [0, 0.05) is 48.9 Å². The van der Waals surface area contributed by atoms with Crippen LogP contribution in [0.3, 0.4) is 0 Å². The van der Waals surface area contributed by atoms with Crippen molar-refractivity contribution in [1.29, 1.82) is 0 Å². The Morgan fingerprint density at radius 3 is 2.50 bits per heavy atom. The number of nitrogens with two attached hydrogens (primary N) is 2. The van der Waals surface area contributed by atoms with Gasteiger partial charge in [0.25, 0.3) is 5.91 Å². The average Bonchev–Trinajstić information content (AvgIpc) is 3.14. The summed E-state index contributed by atoms with van der Waals surface area (Å²) in [5.41, 5.74) is 12.6. The second kappa shape index (κ2) is 8.01. The summed E-state index contributed by atoms with van der Waals surface area (Å²) in [6, 6.07) is 5.15. The second-order valence-electron chi connectivity index (χ2n) is 6.23. The van der Waals surface area contributed by atoms with Crippen molar-refractivity contribution in [3.05, 3.63) is 36.2 Å². The smallest absolute Gasteiger partial charge is 0.256 e. The van der Waals surface area contributed by atoms with Gasteiger partial charge >= 0.3 is 0 Å². The van der Waals surface area contributed by atoms with Crippen LogP contribution in [0.2, 0.25) is 0 Å². The van der Waals surface area contributed by atoms with E-state index in [9.17, 15) is 4.79 Å². The number of hydrogen-bond donors (Lipinski definition) is 4. The number of ether oxygens (including phenoxy) is 2. The normalized spacial score (nSPS) is 11.9. The molecule has 2 heterocycles. The highest BCUT2D eigenvalue weighted by atomic mass is 16.5. The number of amides is 1. The first-order valence-electron chi connectivity index (χ1n) is 8.59. The Bertz CT molecular complexity index is 978. The molecule has 0 fully saturated rings. The van der Waals surface area contributed by atoms with Crippen LogP contribution in [0.15, 0.2) is 30.6 Å². The van der Waals surface area contributed by atoms with E-state index in [1.165, 1.54) is 0 Å². The number of aromatic nitrogens is 3. The van der Waals surface area contributed by atoms with Gasteiger partial charge in [0.1, 0.15) is 17.1 Å². The van der Waals surface area contributed by atoms with Gasteiger partial charge in [-0.2, -0.15) is 4.98 Å². The lowest BCUT2D eigenvalue weighted by Gasteiger charge is -2.16. The molecule has 0 saturated carbocycles. The SMILES string of the molecule is COc1cc(Nc2nc(NC[C@H](C)N)n3ccnc3c2C(N)=O)cc(OC)c1. The van der Waals surface area contributed by atoms with E-state index in [1.54, 1.807) is 49.2 Å². The van der Waals surface area contributed by atoms with Crippen LogP contribution >= 0.6 is 0 Å². The van der Waals surface area contributed by atoms with Gasteiger partial charge < -0.3 is 31.6 Å². The molecule has 0 radical (unpaired) electrons. The predicted molar refractivity (Wildman–Crippen MR) is 106 cm³/mol. The van der Waals surface area contributed by atoms with E-state index in [4.69, 9.17) is 20.9 Å². The molecule has 148 valence electrons. The number of methoxy groups -OCH3 is 2. The number of imidazole rings is 1. The van der Waals surface area contributed by atoms with Crippen LogP contribution < -0.4 is 31.6 Å². The third-order valence-corrected chi connectivity index (χ3v) is 3.99. The number of carbonyl (C=O) groups excluding carboxylic acids is 1. The fraction of sp³-hybridized carbons (Fsp3) is 0.278. The molecule has 2 aromatic heterocycles. The third-order valence-electron chi connectivity index (χ3n) is 3.99. The molecule has 0 saturated heterocycles. The highest BCUT2D eigenvalue weighted by Crippen LogP contribution is 2.30. The molecule has 10 nitrogen and oxygen atoms in total. The number of anilines is 3. The van der Waals surface area contributed by atoms with Crippen molar-refractivity contribution in [2.45, 2.75) is 13.0 Å². The molecule has 0 aliphatic heterocycles. The van der Waals surface area contributed by atoms with Gasteiger partial charge in [0.15, 0.2) is 11.5 Å². The summed E-state index contributed by atoms with van der Waals surface area (Å²) in [6.45, 7) is 2.36. The van der Waals surface area contributed by atoms with Crippen molar-refractivity contribution in [3.8, 4) is 11.5 Å². The van der Waals surface area contributed by atoms with Crippen LogP contribution in [0.1, 0.15) is 17.3 Å². The highest BCUT2D eigenvalue weighted by molar-refractivity contribution is 6.04. The lowest BCUT2D eigenvalue weighted by molar-refractivity contribution is 0.100. The summed E-state index contributed by atoms with van der Waals surface area (Å²) >= 11 is 0. The molecule has 1 atom stereocenters. The second-order valence-corrected chi connectivity index (χ2v) is 6.23. The van der Waals surface area contributed by atoms with E-state index in [0.717, 1.165) is 0 Å². The maximum atomic E-state index is 12.1. The van der Waals surface area contributed by atoms with Gasteiger partial charge in [-0.3, -0.25) is 9.20 Å². The van der Waals surface area contributed by atoms with E-state index in [-0.39, 0.29) is 17.4 Å². The van der Waals surface area contributed by atoms with E-state index in [1.807, 2.05) is 6.92 Å². The van der Waals surface area contributed by atoms with E-state index >= 15 is 0 Å². The first-order valence-corrected chi connectivity index (χ1v) is 8.59. The lowest BCUT2D eigenvalue weighted by atomic mass is 10.2. The number of fused-ring (bicyclic) bond motifs is 1. The Kier molecular flexibility index (Phi) is 5.50. The zero-order valence-corrected chi connectivity index (χ0v) is 15.9. The molecular weight excluding hydrogens is 362 g/mol. The van der Waals surface area contributed by atoms with Crippen LogP contribution in [0, 0.1) is 0 Å². The first kappa shape index (κ1) is 19.2. The van der Waals surface area contributed by atoms with Crippen molar-refractivity contribution in [3.63, 3.8) is 0 Å². The molecule has 10 heteroatoms. The summed E-state index contributed by atoms with van der Waals surface area (Å²) < 4.78 is 12.2. The summed E-state index contributed by atoms with van der Waals surface area (Å²) in [4.78, 5) is 20.9. The quantitative estimate of drug-likeness (QED) is 0.455. The van der Waals surface area contributed by atoms with Gasteiger partial charge in [-0.15, -0.1) is 0 Å². The predicted octanol–water partition coefficient (Wildman–Crippen LogP) is 1.35. The molecule has 0 aliphatic carbocycles. The number of hydrogen-bond acceptors (Lipinski definition) is 8. The zero-order valence-electron chi connectivity index (χ0n) is 15.9. The van der Waals surface area contributed by atoms with Crippen molar-refractivity contribution in [2.24, 2.45) is 11.5 Å². The Balaban J connectivity index is 2.11. The largest absolute Gasteiger partial charge is 0.497 e. The molecule has 3 rings (SSSR count). The Hall–Kier alpha value is -3.53. The molecule has 6 N–H and O–H groups in total. The lowest BCUT2D eigenvalue weighted by Crippen LogP contribution is -2.27. The van der Waals surface area contributed by atoms with Gasteiger partial charge in [-0.1, -0.05) is 0 Å². The molecular formula is C18H23N7O3. The Morgan fingerprint density at radius 1 is 1.25 bits per heavy atom. The van der Waals surface area contributed by atoms with E-state index in [2.05, 4.69) is 20.6 Å². The van der Waals surface area contributed by atoms with Crippen molar-refractivity contribution >= 4 is 29.0 Å². The van der Waals surface area contributed by atoms with E-state index in [0.29, 0.717) is 35.3 Å². The van der Waals surface area contributed by atoms with Gasteiger partial charge in [-0.25, -0.2) is 4.98 Å². The molecule has 1 aromatic carbocycles. The molecule has 0 spiro atoms. The standard InChI is InChI=1S/C18H23N7O3/c1-10(19)9-22-18-24-16(14(15(20)26)17-21-4-5-25(17)18)23-11-6-12(27-2)8-13(7-11)28-3/h4-8,10,23H,9,19H2,1-3H3,(H2,20,26)(H,22,24)/t10-/m0/s1. The van der Waals surface area contributed by atoms with Crippen LogP contribution in [0.4, 0.5) is 17.5 Å².